The maximum absolute atomic E-state index is 11.0. The lowest BCUT2D eigenvalue weighted by Crippen LogP contribution is -1.86. The second-order valence-electron chi connectivity index (χ2n) is 4.11. The summed E-state index contributed by atoms with van der Waals surface area (Å²) in [7, 11) is 0. The molecule has 4 nitrogen and oxygen atoms in total. The van der Waals surface area contributed by atoms with Gasteiger partial charge >= 0.3 is 5.00 Å². The normalized spacial score (nSPS) is 10.2. The number of nitrogens with zero attached hydrogens (tertiary/aromatic N) is 2. The topological polar surface area (TPSA) is 66.9 Å². The minimum absolute atomic E-state index is 0.0888. The summed E-state index contributed by atoms with van der Waals surface area (Å²) in [6.45, 7) is 3.91. The van der Waals surface area contributed by atoms with Crippen LogP contribution in [0.3, 0.4) is 0 Å². The molecule has 1 aromatic heterocycles. The number of thiophene rings is 1. The largest absolute Gasteiger partial charge is 0.343 e. The first-order valence-electron chi connectivity index (χ1n) is 5.40. The van der Waals surface area contributed by atoms with Gasteiger partial charge in [0, 0.05) is 0 Å². The van der Waals surface area contributed by atoms with Crippen molar-refractivity contribution in [3.05, 3.63) is 49.5 Å². The Hall–Kier alpha value is -1.71. The molecule has 0 spiro atoms. The van der Waals surface area contributed by atoms with E-state index in [4.69, 9.17) is 5.26 Å². The average Bonchev–Trinajstić information content (AvgIpc) is 2.69. The Labute approximate surface area is 122 Å². The number of benzene rings is 1. The molecule has 0 aliphatic heterocycles. The van der Waals surface area contributed by atoms with E-state index < -0.39 is 4.92 Å². The van der Waals surface area contributed by atoms with Crippen LogP contribution in [0.4, 0.5) is 5.00 Å². The minimum atomic E-state index is -0.511. The van der Waals surface area contributed by atoms with Crippen molar-refractivity contribution < 1.29 is 4.92 Å². The van der Waals surface area contributed by atoms with E-state index in [0.29, 0.717) is 4.47 Å². The van der Waals surface area contributed by atoms with E-state index in [-0.39, 0.29) is 10.6 Å². The molecule has 0 aliphatic rings. The average molecular weight is 337 g/mol. The Morgan fingerprint density at radius 2 is 2.11 bits per heavy atom. The third kappa shape index (κ3) is 2.39. The summed E-state index contributed by atoms with van der Waals surface area (Å²) in [5.41, 5.74) is 3.10. The maximum atomic E-state index is 11.0. The smallest absolute Gasteiger partial charge is 0.258 e. The Morgan fingerprint density at radius 3 is 2.63 bits per heavy atom. The highest BCUT2D eigenvalue weighted by Gasteiger charge is 2.26. The minimum Gasteiger partial charge on any atom is -0.258 e. The molecule has 96 valence electrons. The molecule has 0 saturated heterocycles. The Bertz CT molecular complexity index is 716. The SMILES string of the molecule is Cc1ccc(C)c(-c2sc([N+](=O)[O-])c(C#N)c2Br)c1. The molecular weight excluding hydrogens is 328 g/mol. The number of nitro groups is 1. The molecule has 0 amide bonds. The van der Waals surface area contributed by atoms with E-state index in [0.717, 1.165) is 32.9 Å². The van der Waals surface area contributed by atoms with Gasteiger partial charge in [0.25, 0.3) is 0 Å². The molecule has 0 atom stereocenters. The van der Waals surface area contributed by atoms with Crippen molar-refractivity contribution in [1.29, 1.82) is 5.26 Å². The van der Waals surface area contributed by atoms with Crippen molar-refractivity contribution in [2.45, 2.75) is 13.8 Å². The third-order valence-corrected chi connectivity index (χ3v) is 4.98. The maximum Gasteiger partial charge on any atom is 0.343 e. The summed E-state index contributed by atoms with van der Waals surface area (Å²) < 4.78 is 0.500. The fourth-order valence-corrected chi connectivity index (χ4v) is 3.68. The summed E-state index contributed by atoms with van der Waals surface area (Å²) in [6.07, 6.45) is 0. The number of hydrogen-bond donors (Lipinski definition) is 0. The fourth-order valence-electron chi connectivity index (χ4n) is 1.78. The van der Waals surface area contributed by atoms with Crippen molar-refractivity contribution in [3.8, 4) is 16.5 Å². The highest BCUT2D eigenvalue weighted by Crippen LogP contribution is 2.45. The Kier molecular flexibility index (Phi) is 3.69. The van der Waals surface area contributed by atoms with Gasteiger partial charge in [-0.25, -0.2) is 0 Å². The summed E-state index contributed by atoms with van der Waals surface area (Å²) in [4.78, 5) is 11.2. The van der Waals surface area contributed by atoms with Crippen LogP contribution >= 0.6 is 27.3 Å². The number of hydrogen-bond acceptors (Lipinski definition) is 4. The first-order chi connectivity index (χ1) is 8.95. The van der Waals surface area contributed by atoms with Gasteiger partial charge in [-0.05, 0) is 40.9 Å². The van der Waals surface area contributed by atoms with Crippen LogP contribution in [0.25, 0.3) is 10.4 Å². The van der Waals surface area contributed by atoms with Crippen LogP contribution in [0, 0.1) is 35.3 Å². The predicted octanol–water partition coefficient (Wildman–Crippen LogP) is 4.57. The van der Waals surface area contributed by atoms with Crippen LogP contribution in [0.1, 0.15) is 16.7 Å². The van der Waals surface area contributed by atoms with Gasteiger partial charge in [-0.1, -0.05) is 35.1 Å². The van der Waals surface area contributed by atoms with Crippen LogP contribution in [-0.4, -0.2) is 4.92 Å². The quantitative estimate of drug-likeness (QED) is 0.595. The van der Waals surface area contributed by atoms with Crippen LogP contribution in [0.15, 0.2) is 22.7 Å². The molecular formula is C13H9BrN2O2S. The summed E-state index contributed by atoms with van der Waals surface area (Å²) >= 11 is 4.34. The van der Waals surface area contributed by atoms with Gasteiger partial charge < -0.3 is 0 Å². The first kappa shape index (κ1) is 13.7. The summed E-state index contributed by atoms with van der Waals surface area (Å²) in [5, 5.41) is 19.9. The van der Waals surface area contributed by atoms with Gasteiger partial charge in [0.1, 0.15) is 6.07 Å². The van der Waals surface area contributed by atoms with Crippen molar-refractivity contribution in [3.63, 3.8) is 0 Å². The number of halogens is 1. The second-order valence-corrected chi connectivity index (χ2v) is 5.90. The molecule has 1 heterocycles. The lowest BCUT2D eigenvalue weighted by Gasteiger charge is -2.05. The van der Waals surface area contributed by atoms with Crippen LogP contribution in [0.2, 0.25) is 0 Å². The van der Waals surface area contributed by atoms with Gasteiger partial charge in [0.05, 0.1) is 14.3 Å². The van der Waals surface area contributed by atoms with Crippen molar-refractivity contribution in [2.75, 3.05) is 0 Å². The number of aryl methyl sites for hydroxylation is 2. The van der Waals surface area contributed by atoms with E-state index in [1.54, 1.807) is 0 Å². The van der Waals surface area contributed by atoms with E-state index in [1.807, 2.05) is 38.1 Å². The summed E-state index contributed by atoms with van der Waals surface area (Å²) in [6, 6.07) is 7.81. The van der Waals surface area contributed by atoms with Gasteiger partial charge in [0.2, 0.25) is 0 Å². The van der Waals surface area contributed by atoms with Crippen molar-refractivity contribution in [2.24, 2.45) is 0 Å². The molecule has 19 heavy (non-hydrogen) atoms. The Balaban J connectivity index is 2.74. The van der Waals surface area contributed by atoms with Crippen molar-refractivity contribution >= 4 is 32.3 Å². The molecule has 0 N–H and O–H groups in total. The third-order valence-electron chi connectivity index (χ3n) is 2.75. The molecule has 0 unspecified atom stereocenters. The monoisotopic (exact) mass is 336 g/mol. The number of nitriles is 1. The van der Waals surface area contributed by atoms with E-state index >= 15 is 0 Å². The lowest BCUT2D eigenvalue weighted by atomic mass is 10.0. The highest BCUT2D eigenvalue weighted by atomic mass is 79.9. The molecule has 0 saturated carbocycles. The molecule has 2 aromatic rings. The molecule has 6 heteroatoms. The summed E-state index contributed by atoms with van der Waals surface area (Å²) in [5.74, 6) is 0. The number of rotatable bonds is 2. The molecule has 0 aliphatic carbocycles. The Morgan fingerprint density at radius 1 is 1.42 bits per heavy atom. The molecule has 0 bridgehead atoms. The highest BCUT2D eigenvalue weighted by molar-refractivity contribution is 9.10. The van der Waals surface area contributed by atoms with E-state index in [1.165, 1.54) is 0 Å². The predicted molar refractivity (Wildman–Crippen MR) is 78.3 cm³/mol. The van der Waals surface area contributed by atoms with Crippen LogP contribution in [-0.2, 0) is 0 Å². The second kappa shape index (κ2) is 5.11. The van der Waals surface area contributed by atoms with Gasteiger partial charge in [0.15, 0.2) is 5.56 Å². The van der Waals surface area contributed by atoms with E-state index in [9.17, 15) is 10.1 Å². The lowest BCUT2D eigenvalue weighted by molar-refractivity contribution is -0.380. The van der Waals surface area contributed by atoms with Crippen LogP contribution < -0.4 is 0 Å². The van der Waals surface area contributed by atoms with E-state index in [2.05, 4.69) is 15.9 Å². The zero-order valence-corrected chi connectivity index (χ0v) is 12.6. The van der Waals surface area contributed by atoms with Gasteiger partial charge in [-0.3, -0.25) is 10.1 Å². The zero-order valence-electron chi connectivity index (χ0n) is 10.2. The van der Waals surface area contributed by atoms with Gasteiger partial charge in [-0.2, -0.15) is 5.26 Å². The standard InChI is InChI=1S/C13H9BrN2O2S/c1-7-3-4-8(2)9(5-7)12-11(14)10(6-15)13(19-12)16(17)18/h3-5H,1-2H3. The molecule has 2 rings (SSSR count). The fraction of sp³-hybridized carbons (Fsp3) is 0.154. The molecule has 0 radical (unpaired) electrons. The zero-order chi connectivity index (χ0) is 14.2. The van der Waals surface area contributed by atoms with Gasteiger partial charge in [-0.15, -0.1) is 0 Å². The van der Waals surface area contributed by atoms with Crippen molar-refractivity contribution in [1.82, 2.24) is 0 Å². The first-order valence-corrected chi connectivity index (χ1v) is 7.01. The molecule has 0 fully saturated rings. The van der Waals surface area contributed by atoms with Crippen LogP contribution in [0.5, 0.6) is 0 Å². The molecule has 1 aromatic carbocycles.